The predicted octanol–water partition coefficient (Wildman–Crippen LogP) is 4.08. The molecule has 1 aliphatic heterocycles. The van der Waals surface area contributed by atoms with E-state index in [9.17, 15) is 9.59 Å². The van der Waals surface area contributed by atoms with Gasteiger partial charge in [0, 0.05) is 30.6 Å². The van der Waals surface area contributed by atoms with Gasteiger partial charge in [0.25, 0.3) is 5.56 Å². The second-order valence-corrected chi connectivity index (χ2v) is 7.98. The molecule has 1 fully saturated rings. The van der Waals surface area contributed by atoms with Gasteiger partial charge in [0.05, 0.1) is 22.6 Å². The number of carbonyl (C=O) groups excluding carboxylic acids is 1. The van der Waals surface area contributed by atoms with E-state index in [-0.39, 0.29) is 17.0 Å². The van der Waals surface area contributed by atoms with Crippen LogP contribution in [0, 0.1) is 0 Å². The first-order valence-electron chi connectivity index (χ1n) is 9.18. The first-order valence-corrected chi connectivity index (χ1v) is 10.3. The summed E-state index contributed by atoms with van der Waals surface area (Å²) in [5.74, 6) is 0.0476. The Kier molecular flexibility index (Phi) is 6.86. The zero-order valence-corrected chi connectivity index (χ0v) is 17.7. The Morgan fingerprint density at radius 2 is 2.07 bits per heavy atom. The highest BCUT2D eigenvalue weighted by Gasteiger charge is 2.24. The molecule has 6 nitrogen and oxygen atoms in total. The van der Waals surface area contributed by atoms with Gasteiger partial charge in [-0.25, -0.2) is 0 Å². The maximum absolute atomic E-state index is 12.8. The highest BCUT2D eigenvalue weighted by Crippen LogP contribution is 2.27. The highest BCUT2D eigenvalue weighted by atomic mass is 35.5. The zero-order chi connectivity index (χ0) is 20.3. The van der Waals surface area contributed by atoms with Crippen LogP contribution >= 0.6 is 34.8 Å². The molecule has 0 bridgehead atoms. The van der Waals surface area contributed by atoms with E-state index >= 15 is 0 Å². The SMILES string of the molecule is CCCC(=O)NC1CCCN(c2cnn(-c3ccc(Cl)cc3Cl)c(=O)c2Cl)C1. The number of hydrogen-bond acceptors (Lipinski definition) is 4. The minimum absolute atomic E-state index is 0.0250. The Hall–Kier alpha value is -1.76. The van der Waals surface area contributed by atoms with E-state index in [0.717, 1.165) is 30.5 Å². The summed E-state index contributed by atoms with van der Waals surface area (Å²) in [6, 6.07) is 4.82. The third kappa shape index (κ3) is 4.62. The van der Waals surface area contributed by atoms with Crippen molar-refractivity contribution in [3.63, 3.8) is 0 Å². The molecule has 28 heavy (non-hydrogen) atoms. The molecule has 0 aliphatic carbocycles. The molecule has 1 atom stereocenters. The van der Waals surface area contributed by atoms with Gasteiger partial charge in [0.15, 0.2) is 0 Å². The number of nitrogens with one attached hydrogen (secondary N) is 1. The average Bonchev–Trinajstić information content (AvgIpc) is 2.65. The van der Waals surface area contributed by atoms with Crippen LogP contribution in [0.5, 0.6) is 0 Å². The van der Waals surface area contributed by atoms with Crippen molar-refractivity contribution < 1.29 is 4.79 Å². The predicted molar refractivity (Wildman–Crippen MR) is 113 cm³/mol. The fraction of sp³-hybridized carbons (Fsp3) is 0.421. The lowest BCUT2D eigenvalue weighted by atomic mass is 10.0. The maximum atomic E-state index is 12.8. The van der Waals surface area contributed by atoms with E-state index < -0.39 is 5.56 Å². The van der Waals surface area contributed by atoms with Crippen LogP contribution in [-0.2, 0) is 4.79 Å². The number of aromatic nitrogens is 2. The number of benzene rings is 1. The molecule has 9 heteroatoms. The molecular formula is C19H21Cl3N4O2. The first-order chi connectivity index (χ1) is 13.4. The minimum atomic E-state index is -0.458. The Labute approximate surface area is 178 Å². The second kappa shape index (κ2) is 9.16. The summed E-state index contributed by atoms with van der Waals surface area (Å²) in [5, 5.41) is 8.15. The van der Waals surface area contributed by atoms with Gasteiger partial charge in [-0.3, -0.25) is 9.59 Å². The van der Waals surface area contributed by atoms with Crippen LogP contribution in [0.2, 0.25) is 15.1 Å². The van der Waals surface area contributed by atoms with Crippen molar-refractivity contribution in [2.24, 2.45) is 0 Å². The molecule has 1 saturated heterocycles. The number of halogens is 3. The third-order valence-electron chi connectivity index (χ3n) is 4.64. The fourth-order valence-corrected chi connectivity index (χ4v) is 4.05. The van der Waals surface area contributed by atoms with Crippen LogP contribution in [-0.4, -0.2) is 34.8 Å². The van der Waals surface area contributed by atoms with Gasteiger partial charge in [0.2, 0.25) is 5.91 Å². The molecule has 1 aliphatic rings. The van der Waals surface area contributed by atoms with Crippen LogP contribution in [0.15, 0.2) is 29.2 Å². The van der Waals surface area contributed by atoms with Gasteiger partial charge >= 0.3 is 0 Å². The van der Waals surface area contributed by atoms with Crippen LogP contribution in [0.1, 0.15) is 32.6 Å². The second-order valence-electron chi connectivity index (χ2n) is 6.76. The van der Waals surface area contributed by atoms with Crippen LogP contribution in [0.3, 0.4) is 0 Å². The lowest BCUT2D eigenvalue weighted by Gasteiger charge is -2.35. The Bertz CT molecular complexity index is 932. The smallest absolute Gasteiger partial charge is 0.292 e. The lowest BCUT2D eigenvalue weighted by Crippen LogP contribution is -2.48. The summed E-state index contributed by atoms with van der Waals surface area (Å²) in [4.78, 5) is 26.7. The zero-order valence-electron chi connectivity index (χ0n) is 15.4. The van der Waals surface area contributed by atoms with E-state index in [1.807, 2.05) is 11.8 Å². The van der Waals surface area contributed by atoms with Crippen molar-refractivity contribution in [2.75, 3.05) is 18.0 Å². The molecule has 0 spiro atoms. The monoisotopic (exact) mass is 442 g/mol. The fourth-order valence-electron chi connectivity index (χ4n) is 3.31. The molecule has 0 radical (unpaired) electrons. The first kappa shape index (κ1) is 21.0. The normalized spacial score (nSPS) is 16.9. The van der Waals surface area contributed by atoms with Gasteiger partial charge < -0.3 is 10.2 Å². The number of amides is 1. The summed E-state index contributed by atoms with van der Waals surface area (Å²) in [6.07, 6.45) is 4.67. The molecule has 1 aromatic carbocycles. The van der Waals surface area contributed by atoms with Gasteiger partial charge in [-0.15, -0.1) is 0 Å². The topological polar surface area (TPSA) is 67.2 Å². The van der Waals surface area contributed by atoms with Crippen molar-refractivity contribution in [1.29, 1.82) is 0 Å². The van der Waals surface area contributed by atoms with E-state index in [0.29, 0.717) is 34.4 Å². The van der Waals surface area contributed by atoms with E-state index in [1.54, 1.807) is 24.4 Å². The molecule has 150 valence electrons. The van der Waals surface area contributed by atoms with E-state index in [4.69, 9.17) is 34.8 Å². The van der Waals surface area contributed by atoms with Crippen molar-refractivity contribution in [2.45, 2.75) is 38.6 Å². The number of piperidine rings is 1. The van der Waals surface area contributed by atoms with Crippen molar-refractivity contribution in [1.82, 2.24) is 15.1 Å². The molecule has 1 unspecified atom stereocenters. The minimum Gasteiger partial charge on any atom is -0.367 e. The largest absolute Gasteiger partial charge is 0.367 e. The Balaban J connectivity index is 1.84. The quantitative estimate of drug-likeness (QED) is 0.756. The molecule has 2 aromatic rings. The molecular weight excluding hydrogens is 423 g/mol. The molecule has 1 aromatic heterocycles. The molecule has 1 N–H and O–H groups in total. The standard InChI is InChI=1S/C19H21Cl3N4O2/c1-2-4-17(27)24-13-5-3-8-25(11-13)16-10-23-26(19(28)18(16)22)15-7-6-12(20)9-14(15)21/h6-7,9-10,13H,2-5,8,11H2,1H3,(H,24,27). The summed E-state index contributed by atoms with van der Waals surface area (Å²) in [7, 11) is 0. The lowest BCUT2D eigenvalue weighted by molar-refractivity contribution is -0.121. The van der Waals surface area contributed by atoms with Gasteiger partial charge in [-0.05, 0) is 37.5 Å². The Morgan fingerprint density at radius 1 is 1.29 bits per heavy atom. The Morgan fingerprint density at radius 3 is 2.79 bits per heavy atom. The van der Waals surface area contributed by atoms with Gasteiger partial charge in [0.1, 0.15) is 5.02 Å². The summed E-state index contributed by atoms with van der Waals surface area (Å²) in [5.41, 5.74) is 0.510. The van der Waals surface area contributed by atoms with Crippen LogP contribution < -0.4 is 15.8 Å². The number of hydrogen-bond donors (Lipinski definition) is 1. The maximum Gasteiger partial charge on any atom is 0.292 e. The average molecular weight is 444 g/mol. The molecule has 1 amide bonds. The number of carbonyl (C=O) groups is 1. The molecule has 0 saturated carbocycles. The van der Waals surface area contributed by atoms with Crippen LogP contribution in [0.4, 0.5) is 5.69 Å². The summed E-state index contributed by atoms with van der Waals surface area (Å²) in [6.45, 7) is 3.30. The third-order valence-corrected chi connectivity index (χ3v) is 5.54. The summed E-state index contributed by atoms with van der Waals surface area (Å²) < 4.78 is 1.16. The number of anilines is 1. The van der Waals surface area contributed by atoms with Crippen molar-refractivity contribution >= 4 is 46.4 Å². The van der Waals surface area contributed by atoms with Crippen LogP contribution in [0.25, 0.3) is 5.69 Å². The van der Waals surface area contributed by atoms with Gasteiger partial charge in [-0.1, -0.05) is 41.7 Å². The van der Waals surface area contributed by atoms with Crippen molar-refractivity contribution in [3.8, 4) is 5.69 Å². The highest BCUT2D eigenvalue weighted by molar-refractivity contribution is 6.36. The molecule has 2 heterocycles. The van der Waals surface area contributed by atoms with Gasteiger partial charge in [-0.2, -0.15) is 9.78 Å². The number of rotatable bonds is 5. The molecule has 3 rings (SSSR count). The van der Waals surface area contributed by atoms with E-state index in [2.05, 4.69) is 10.4 Å². The van der Waals surface area contributed by atoms with Crippen molar-refractivity contribution in [3.05, 3.63) is 49.8 Å². The number of nitrogens with zero attached hydrogens (tertiary/aromatic N) is 3. The van der Waals surface area contributed by atoms with E-state index in [1.165, 1.54) is 0 Å². The summed E-state index contributed by atoms with van der Waals surface area (Å²) >= 11 is 18.5.